The molecule has 1 atom stereocenters. The van der Waals surface area contributed by atoms with Crippen molar-refractivity contribution >= 4 is 5.97 Å². The Kier molecular flexibility index (Phi) is 4.85. The van der Waals surface area contributed by atoms with Crippen molar-refractivity contribution in [2.75, 3.05) is 13.1 Å². The van der Waals surface area contributed by atoms with Crippen LogP contribution in [-0.4, -0.2) is 35.9 Å². The van der Waals surface area contributed by atoms with Crippen LogP contribution in [0.5, 0.6) is 0 Å². The number of carboxylic acids is 1. The Morgan fingerprint density at radius 1 is 1.05 bits per heavy atom. The lowest BCUT2D eigenvalue weighted by Gasteiger charge is -2.27. The summed E-state index contributed by atoms with van der Waals surface area (Å²) < 4.78 is 6.31. The van der Waals surface area contributed by atoms with Gasteiger partial charge in [0.05, 0.1) is 17.6 Å². The predicted octanol–water partition coefficient (Wildman–Crippen LogP) is 2.96. The Morgan fingerprint density at radius 3 is 2.43 bits per heavy atom. The molecule has 0 bridgehead atoms. The summed E-state index contributed by atoms with van der Waals surface area (Å²) in [4.78, 5) is 10.9. The molecule has 0 aromatic heterocycles. The first-order chi connectivity index (χ1) is 10.2. The van der Waals surface area contributed by atoms with Crippen molar-refractivity contribution in [2.24, 2.45) is 11.8 Å². The number of hydrogen-bond donors (Lipinski definition) is 2. The number of hydrogen-bond acceptors (Lipinski definition) is 3. The van der Waals surface area contributed by atoms with Crippen molar-refractivity contribution in [3.05, 3.63) is 0 Å². The van der Waals surface area contributed by atoms with Crippen molar-refractivity contribution < 1.29 is 14.6 Å². The van der Waals surface area contributed by atoms with Crippen LogP contribution in [0.4, 0.5) is 0 Å². The molecular formula is C17H29NO3. The number of aliphatic carboxylic acids is 1. The average Bonchev–Trinajstić information content (AvgIpc) is 3.10. The van der Waals surface area contributed by atoms with Gasteiger partial charge in [0.2, 0.25) is 0 Å². The number of ether oxygens (including phenoxy) is 1. The van der Waals surface area contributed by atoms with Crippen LogP contribution in [-0.2, 0) is 9.53 Å². The number of carboxylic acid groups (broad SMARTS) is 1. The van der Waals surface area contributed by atoms with Crippen LogP contribution in [0.3, 0.4) is 0 Å². The molecule has 1 spiro atoms. The fourth-order valence-corrected chi connectivity index (χ4v) is 4.49. The molecule has 1 heterocycles. The quantitative estimate of drug-likeness (QED) is 0.818. The maximum Gasteiger partial charge on any atom is 0.306 e. The summed E-state index contributed by atoms with van der Waals surface area (Å²) in [6, 6.07) is 0. The van der Waals surface area contributed by atoms with Crippen LogP contribution in [0.25, 0.3) is 0 Å². The topological polar surface area (TPSA) is 58.6 Å². The lowest BCUT2D eigenvalue weighted by molar-refractivity contribution is -0.143. The predicted molar refractivity (Wildman–Crippen MR) is 81.3 cm³/mol. The molecule has 3 aliphatic rings. The molecule has 1 saturated heterocycles. The molecule has 120 valence electrons. The van der Waals surface area contributed by atoms with Crippen LogP contribution in [0.2, 0.25) is 0 Å². The van der Waals surface area contributed by atoms with Gasteiger partial charge in [0, 0.05) is 6.54 Å². The van der Waals surface area contributed by atoms with E-state index in [0.717, 1.165) is 38.8 Å². The van der Waals surface area contributed by atoms with Gasteiger partial charge in [-0.15, -0.1) is 0 Å². The summed E-state index contributed by atoms with van der Waals surface area (Å²) in [5, 5.41) is 12.6. The molecule has 2 N–H and O–H groups in total. The molecule has 0 aromatic rings. The molecule has 4 nitrogen and oxygen atoms in total. The summed E-state index contributed by atoms with van der Waals surface area (Å²) in [5.41, 5.74) is 0.242. The Labute approximate surface area is 127 Å². The lowest BCUT2D eigenvalue weighted by Crippen LogP contribution is -2.34. The van der Waals surface area contributed by atoms with Gasteiger partial charge < -0.3 is 15.2 Å². The van der Waals surface area contributed by atoms with Crippen molar-refractivity contribution in [2.45, 2.75) is 75.9 Å². The highest BCUT2D eigenvalue weighted by molar-refractivity contribution is 5.69. The van der Waals surface area contributed by atoms with E-state index >= 15 is 0 Å². The second-order valence-corrected chi connectivity index (χ2v) is 7.38. The minimum Gasteiger partial charge on any atom is -0.481 e. The zero-order valence-electron chi connectivity index (χ0n) is 13.0. The van der Waals surface area contributed by atoms with Gasteiger partial charge in [-0.2, -0.15) is 0 Å². The molecular weight excluding hydrogens is 266 g/mol. The molecule has 2 saturated carbocycles. The largest absolute Gasteiger partial charge is 0.481 e. The average molecular weight is 295 g/mol. The molecule has 0 aromatic carbocycles. The van der Waals surface area contributed by atoms with E-state index in [1.165, 1.54) is 38.5 Å². The van der Waals surface area contributed by atoms with Crippen LogP contribution < -0.4 is 5.32 Å². The summed E-state index contributed by atoms with van der Waals surface area (Å²) in [5.74, 6) is -0.0493. The Bertz CT molecular complexity index is 357. The molecule has 3 fully saturated rings. The third-order valence-corrected chi connectivity index (χ3v) is 5.85. The highest BCUT2D eigenvalue weighted by atomic mass is 16.5. The third kappa shape index (κ3) is 3.78. The van der Waals surface area contributed by atoms with Gasteiger partial charge in [0.15, 0.2) is 0 Å². The minimum atomic E-state index is -0.609. The Hall–Kier alpha value is -0.610. The van der Waals surface area contributed by atoms with Gasteiger partial charge in [0.1, 0.15) is 0 Å². The monoisotopic (exact) mass is 295 g/mol. The Morgan fingerprint density at radius 2 is 1.76 bits per heavy atom. The van der Waals surface area contributed by atoms with Crippen LogP contribution in [0, 0.1) is 11.8 Å². The van der Waals surface area contributed by atoms with Gasteiger partial charge in [0.25, 0.3) is 0 Å². The fraction of sp³-hybridized carbons (Fsp3) is 0.941. The maximum absolute atomic E-state index is 10.9. The number of nitrogens with one attached hydrogen (secondary N) is 1. The second-order valence-electron chi connectivity index (χ2n) is 7.38. The summed E-state index contributed by atoms with van der Waals surface area (Å²) in [6.45, 7) is 2.00. The molecule has 1 aliphatic heterocycles. The van der Waals surface area contributed by atoms with Gasteiger partial charge in [-0.05, 0) is 63.8 Å². The van der Waals surface area contributed by atoms with Gasteiger partial charge in [-0.3, -0.25) is 4.79 Å². The first-order valence-corrected chi connectivity index (χ1v) is 8.78. The van der Waals surface area contributed by atoms with Crippen LogP contribution >= 0.6 is 0 Å². The SMILES string of the molecule is O=C(O)C1CCC(CNCC2CCC3(CCCC3)O2)CC1. The zero-order valence-corrected chi connectivity index (χ0v) is 13.0. The highest BCUT2D eigenvalue weighted by Crippen LogP contribution is 2.43. The molecule has 0 amide bonds. The van der Waals surface area contributed by atoms with Gasteiger partial charge in [-0.25, -0.2) is 0 Å². The van der Waals surface area contributed by atoms with Crippen molar-refractivity contribution in [1.29, 1.82) is 0 Å². The van der Waals surface area contributed by atoms with E-state index in [2.05, 4.69) is 5.32 Å². The summed E-state index contributed by atoms with van der Waals surface area (Å²) in [7, 11) is 0. The summed E-state index contributed by atoms with van der Waals surface area (Å²) >= 11 is 0. The third-order valence-electron chi connectivity index (χ3n) is 5.85. The number of carbonyl (C=O) groups is 1. The normalized spacial score (nSPS) is 35.3. The van der Waals surface area contributed by atoms with E-state index in [0.29, 0.717) is 12.0 Å². The van der Waals surface area contributed by atoms with Crippen molar-refractivity contribution in [1.82, 2.24) is 5.32 Å². The van der Waals surface area contributed by atoms with E-state index in [1.54, 1.807) is 0 Å². The molecule has 2 aliphatic carbocycles. The zero-order chi connectivity index (χ0) is 14.7. The van der Waals surface area contributed by atoms with E-state index in [-0.39, 0.29) is 11.5 Å². The number of rotatable bonds is 5. The molecule has 4 heteroatoms. The molecule has 21 heavy (non-hydrogen) atoms. The fourth-order valence-electron chi connectivity index (χ4n) is 4.49. The van der Waals surface area contributed by atoms with Crippen molar-refractivity contribution in [3.63, 3.8) is 0 Å². The van der Waals surface area contributed by atoms with E-state index in [4.69, 9.17) is 9.84 Å². The molecule has 0 radical (unpaired) electrons. The summed E-state index contributed by atoms with van der Waals surface area (Å²) in [6.07, 6.45) is 11.9. The van der Waals surface area contributed by atoms with Gasteiger partial charge in [-0.1, -0.05) is 12.8 Å². The second kappa shape index (κ2) is 6.66. The van der Waals surface area contributed by atoms with Crippen molar-refractivity contribution in [3.8, 4) is 0 Å². The first-order valence-electron chi connectivity index (χ1n) is 8.78. The van der Waals surface area contributed by atoms with Crippen LogP contribution in [0.1, 0.15) is 64.2 Å². The van der Waals surface area contributed by atoms with E-state index < -0.39 is 5.97 Å². The van der Waals surface area contributed by atoms with E-state index in [9.17, 15) is 4.79 Å². The molecule has 3 rings (SSSR count). The standard InChI is InChI=1S/C17H29NO3/c19-16(20)14-5-3-13(4-6-14)11-18-12-15-7-10-17(21-15)8-1-2-9-17/h13-15,18H,1-12H2,(H,19,20). The maximum atomic E-state index is 10.9. The molecule has 1 unspecified atom stereocenters. The van der Waals surface area contributed by atoms with E-state index in [1.807, 2.05) is 0 Å². The highest BCUT2D eigenvalue weighted by Gasteiger charge is 2.41. The lowest BCUT2D eigenvalue weighted by atomic mass is 9.82. The van der Waals surface area contributed by atoms with Gasteiger partial charge >= 0.3 is 5.97 Å². The minimum absolute atomic E-state index is 0.0957. The smallest absolute Gasteiger partial charge is 0.306 e. The first kappa shape index (κ1) is 15.3. The Balaban J connectivity index is 1.31. The van der Waals surface area contributed by atoms with Crippen LogP contribution in [0.15, 0.2) is 0 Å².